The van der Waals surface area contributed by atoms with Crippen molar-refractivity contribution in [2.75, 3.05) is 45.0 Å². The van der Waals surface area contributed by atoms with Crippen LogP contribution in [0.4, 0.5) is 43.7 Å². The van der Waals surface area contributed by atoms with E-state index in [1.807, 2.05) is 182 Å². The van der Waals surface area contributed by atoms with Crippen molar-refractivity contribution in [3.8, 4) is 34.3 Å². The van der Waals surface area contributed by atoms with Crippen molar-refractivity contribution in [3.05, 3.63) is 332 Å². The number of fused-ring (bicyclic) bond motifs is 1. The van der Waals surface area contributed by atoms with Gasteiger partial charge in [-0.25, -0.2) is 38.4 Å². The van der Waals surface area contributed by atoms with E-state index in [0.29, 0.717) is 63.7 Å². The predicted octanol–water partition coefficient (Wildman–Crippen LogP) is 17.7. The Hall–Kier alpha value is -15.7. The molecule has 10 aromatic carbocycles. The number of guanidine groups is 5. The molecule has 32 nitrogen and oxygen atoms in total. The third kappa shape index (κ3) is 21.9. The zero-order valence-electron chi connectivity index (χ0n) is 81.6. The van der Waals surface area contributed by atoms with Crippen LogP contribution in [0.25, 0.3) is 11.3 Å². The van der Waals surface area contributed by atoms with Gasteiger partial charge >= 0.3 is 18.7 Å². The number of hydrogen-bond donors (Lipinski definition) is 7. The SMILES string of the molecule is CN1C(=O)C[C@@](C)(c2nnc(Nc3cccc(Cl)c3)o2)N=C1N.CN1C(=O)[C@@H](c2ccc(C3CCC3)cc2)[C@@](C)(c2cccc(OC(F)(F)F)c2)N=C1N.CN1C(=O)[C@@H](c2ccc3c(c2)OCO3)[C@@](C)(c2nc(-c3ccccc3)cs2)N=C1N.CN1C(=O)[C@H](c2ccc(C3CCC3)cc2)[C@@](C)(c2cccc(OC(F)(F)F)c2)N=C1N.NC1=NC(c2ccccc2)(c2ccccc2)C(=O)N1Cc1cccc(NS(=O)(=O)C2CC2)c1. The minimum absolute atomic E-state index is 0.0111. The van der Waals surface area contributed by atoms with Gasteiger partial charge < -0.3 is 57.3 Å². The van der Waals surface area contributed by atoms with Crippen molar-refractivity contribution >= 4 is 110 Å². The molecule has 3 aliphatic carbocycles. The van der Waals surface area contributed by atoms with Gasteiger partial charge in [-0.05, 0) is 200 Å². The number of sulfonamides is 1. The van der Waals surface area contributed by atoms with Gasteiger partial charge in [0.05, 0.1) is 41.7 Å². The molecular weight excluding hydrogens is 1970 g/mol. The molecule has 768 valence electrons. The Morgan fingerprint density at radius 2 is 0.932 bits per heavy atom. The lowest BCUT2D eigenvalue weighted by Crippen LogP contribution is -2.52. The van der Waals surface area contributed by atoms with Gasteiger partial charge in [0, 0.05) is 55.5 Å². The molecule has 0 radical (unpaired) electrons. The fraction of sp³-hybridized carbons (Fsp3) is 0.299. The van der Waals surface area contributed by atoms with Crippen molar-refractivity contribution in [1.82, 2.24) is 39.7 Å². The Bertz CT molecular complexity index is 7080. The minimum atomic E-state index is -4.82. The summed E-state index contributed by atoms with van der Waals surface area (Å²) in [6, 6.07) is 75.4. The first-order valence-corrected chi connectivity index (χ1v) is 50.3. The van der Waals surface area contributed by atoms with Crippen LogP contribution in [0, 0.1) is 0 Å². The van der Waals surface area contributed by atoms with Crippen molar-refractivity contribution in [1.29, 1.82) is 0 Å². The van der Waals surface area contributed by atoms with Crippen LogP contribution in [0.15, 0.2) is 290 Å². The van der Waals surface area contributed by atoms with E-state index >= 15 is 0 Å². The first kappa shape index (κ1) is 104. The van der Waals surface area contributed by atoms with Crippen molar-refractivity contribution in [3.63, 3.8) is 0 Å². The average molecular weight is 2080 g/mol. The maximum absolute atomic E-state index is 13.9. The Morgan fingerprint density at radius 1 is 0.473 bits per heavy atom. The molecule has 6 aliphatic heterocycles. The number of ether oxygens (including phenoxy) is 4. The Kier molecular flexibility index (Phi) is 29.2. The number of nitrogens with zero attached hydrogens (tertiary/aromatic N) is 13. The molecule has 12 N–H and O–H groups in total. The molecule has 2 aromatic heterocycles. The molecule has 9 aliphatic rings. The maximum Gasteiger partial charge on any atom is 0.573 e. The number of benzene rings is 10. The highest BCUT2D eigenvalue weighted by Gasteiger charge is 2.55. The van der Waals surface area contributed by atoms with Gasteiger partial charge in [-0.15, -0.1) is 42.8 Å². The largest absolute Gasteiger partial charge is 0.573 e. The number of rotatable bonds is 21. The van der Waals surface area contributed by atoms with Crippen molar-refractivity contribution < 1.29 is 82.1 Å². The van der Waals surface area contributed by atoms with Crippen molar-refractivity contribution in [2.45, 2.75) is 167 Å². The van der Waals surface area contributed by atoms with Gasteiger partial charge in [0.15, 0.2) is 46.8 Å². The van der Waals surface area contributed by atoms with E-state index in [4.69, 9.17) is 69.1 Å². The summed E-state index contributed by atoms with van der Waals surface area (Å²) < 4.78 is 128. The number of alkyl halides is 6. The van der Waals surface area contributed by atoms with Crippen molar-refractivity contribution in [2.24, 2.45) is 53.6 Å². The predicted molar refractivity (Wildman–Crippen MR) is 549 cm³/mol. The molecule has 0 unspecified atom stereocenters. The van der Waals surface area contributed by atoms with Crippen LogP contribution in [0.3, 0.4) is 0 Å². The number of hydrogen-bond acceptors (Lipinski definition) is 27. The van der Waals surface area contributed by atoms with Gasteiger partial charge in [0.1, 0.15) is 38.7 Å². The summed E-state index contributed by atoms with van der Waals surface area (Å²) in [7, 11) is 2.91. The molecule has 21 rings (SSSR count). The summed E-state index contributed by atoms with van der Waals surface area (Å²) in [4.78, 5) is 100. The Morgan fingerprint density at radius 3 is 1.43 bits per heavy atom. The number of carbonyl (C=O) groups is 5. The monoisotopic (exact) mass is 2080 g/mol. The van der Waals surface area contributed by atoms with E-state index in [1.165, 1.54) is 96.2 Å². The van der Waals surface area contributed by atoms with E-state index in [-0.39, 0.29) is 108 Å². The molecular formula is C107H107ClF6N20O12S2. The van der Waals surface area contributed by atoms with Gasteiger partial charge in [-0.2, -0.15) is 0 Å². The number of likely N-dealkylation sites (N-methyl/N-ethyl adjacent to an activating group) is 3. The van der Waals surface area contributed by atoms with E-state index < -0.39 is 68.2 Å². The Labute approximate surface area is 858 Å². The lowest BCUT2D eigenvalue weighted by Gasteiger charge is -2.41. The molecule has 0 spiro atoms. The number of aliphatic imine (C=N–C) groups is 5. The summed E-state index contributed by atoms with van der Waals surface area (Å²) in [6.07, 6.45) is -1.07. The summed E-state index contributed by atoms with van der Waals surface area (Å²) in [5.74, 6) is -0.883. The molecule has 7 atom stereocenters. The second-order valence-corrected chi connectivity index (χ2v) is 41.1. The van der Waals surface area contributed by atoms with E-state index in [1.54, 1.807) is 97.5 Å². The number of carbonyl (C=O) groups excluding carboxylic acids is 5. The van der Waals surface area contributed by atoms with Crippen LogP contribution < -0.4 is 57.7 Å². The summed E-state index contributed by atoms with van der Waals surface area (Å²) >= 11 is 7.40. The average Bonchev–Trinajstić information content (AvgIpc) is 1.63. The standard InChI is InChI=1S/C25H24N4O3S.2C23H24F3N3O2.C22H20N4O3S.C14H15ClN6O2/c26-24-27-25(19-9-3-1-4-10-19,20-11-5-2-6-12-20)23(30)29(24)17-18-8-7-13-21(16-18)28-33(31,32)22-14-15-22;2*1-22(17-7-4-8-18(13-17)31-23(24,25)26)19(20(30)29(2)21(27)28-22)16-11-9-15(10-12-16)14-5-3-6-14;1-22(20-24-15(11-30-20)13-6-4-3-5-7-13)18(19(27)26(2)21(23)25-22)14-8-9-16-17(10-14)29-12-28-16;1-14(7-10(22)21(2)12(16)18-14)11-19-20-13(23-11)17-9-5-3-4-8(15)6-9/h1-13,16,22,28H,14-15,17H2,(H2,26,27);2*4,7-14,19H,3,5-6H2,1-2H3,(H2,27,28);3-11,18H,12H2,1-2H3,(H2,23,25);3-6H,7H2,1-2H3,(H2,16,18)(H,17,20)/t;19-,22+;19-,22-;18-,22+;14-/m.0110/s1. The molecule has 148 heavy (non-hydrogen) atoms. The number of thiazole rings is 1. The lowest BCUT2D eigenvalue weighted by molar-refractivity contribution is -0.275. The topological polar surface area (TPSA) is 440 Å². The molecule has 41 heteroatoms. The highest BCUT2D eigenvalue weighted by molar-refractivity contribution is 7.93. The number of nitrogens with two attached hydrogens (primary N) is 5. The zero-order chi connectivity index (χ0) is 105. The van der Waals surface area contributed by atoms with Gasteiger partial charge in [-0.1, -0.05) is 218 Å². The molecule has 3 saturated carbocycles. The van der Waals surface area contributed by atoms with Gasteiger partial charge in [0.25, 0.3) is 5.91 Å². The van der Waals surface area contributed by atoms with Crippen LogP contribution in [-0.4, -0.2) is 160 Å². The highest BCUT2D eigenvalue weighted by atomic mass is 35.5. The van der Waals surface area contributed by atoms with Crippen LogP contribution in [-0.2, 0) is 68.2 Å². The molecule has 3 fully saturated rings. The quantitative estimate of drug-likeness (QED) is 0.0329. The lowest BCUT2D eigenvalue weighted by atomic mass is 9.73. The van der Waals surface area contributed by atoms with Crippen LogP contribution in [0.5, 0.6) is 23.0 Å². The number of halogens is 7. The molecule has 12 aromatic rings. The van der Waals surface area contributed by atoms with Gasteiger partial charge in [-0.3, -0.25) is 53.2 Å². The third-order valence-electron chi connectivity index (χ3n) is 27.7. The van der Waals surface area contributed by atoms with Crippen LogP contribution in [0.2, 0.25) is 5.02 Å². The number of anilines is 3. The fourth-order valence-corrected chi connectivity index (χ4v) is 21.5. The molecule has 0 saturated heterocycles. The summed E-state index contributed by atoms with van der Waals surface area (Å²) in [5, 5.41) is 13.8. The van der Waals surface area contributed by atoms with E-state index in [2.05, 4.69) is 44.7 Å². The summed E-state index contributed by atoms with van der Waals surface area (Å²) in [5.41, 5.74) is 35.4. The number of amides is 5. The molecule has 0 bridgehead atoms. The normalized spacial score (nSPS) is 22.2. The Balaban J connectivity index is 0.000000127. The smallest absolute Gasteiger partial charge is 0.454 e. The molecule has 8 heterocycles. The highest BCUT2D eigenvalue weighted by Crippen LogP contribution is 2.52. The molecule has 5 amide bonds. The minimum Gasteiger partial charge on any atom is -0.454 e. The number of nitrogens with one attached hydrogen (secondary N) is 2. The van der Waals surface area contributed by atoms with E-state index in [0.717, 1.165) is 75.3 Å². The summed E-state index contributed by atoms with van der Waals surface area (Å²) in [6.45, 7) is 7.40. The first-order valence-electron chi connectivity index (χ1n) is 47.5. The maximum atomic E-state index is 13.9. The van der Waals surface area contributed by atoms with Crippen LogP contribution >= 0.6 is 22.9 Å². The second kappa shape index (κ2) is 41.7. The number of aromatic nitrogens is 3. The first-order chi connectivity index (χ1) is 70.4. The third-order valence-corrected chi connectivity index (χ3v) is 30.9. The van der Waals surface area contributed by atoms with E-state index in [9.17, 15) is 58.7 Å². The zero-order valence-corrected chi connectivity index (χ0v) is 84.0. The second-order valence-electron chi connectivity index (χ2n) is 37.9. The van der Waals surface area contributed by atoms with Gasteiger partial charge in [0.2, 0.25) is 46.3 Å². The van der Waals surface area contributed by atoms with Crippen LogP contribution in [0.1, 0.15) is 182 Å². The fourth-order valence-electron chi connectivity index (χ4n) is 19.0.